The Kier molecular flexibility index (Phi) is 4.28. The van der Waals surface area contributed by atoms with E-state index in [1.807, 2.05) is 30.3 Å². The predicted molar refractivity (Wildman–Crippen MR) is 92.2 cm³/mol. The molecule has 1 aliphatic heterocycles. The van der Waals surface area contributed by atoms with Gasteiger partial charge in [0.15, 0.2) is 0 Å². The van der Waals surface area contributed by atoms with Crippen molar-refractivity contribution in [1.82, 2.24) is 15.2 Å². The quantitative estimate of drug-likeness (QED) is 0.720. The highest BCUT2D eigenvalue weighted by Gasteiger charge is 2.18. The van der Waals surface area contributed by atoms with E-state index in [1.165, 1.54) is 0 Å². The number of fused-ring (bicyclic) bond motifs is 1. The van der Waals surface area contributed by atoms with Crippen LogP contribution in [0.5, 0.6) is 5.88 Å². The van der Waals surface area contributed by atoms with Gasteiger partial charge in [0.1, 0.15) is 12.3 Å². The first kappa shape index (κ1) is 15.3. The number of pyridine rings is 1. The Balaban J connectivity index is 1.70. The Bertz CT molecular complexity index is 849. The van der Waals surface area contributed by atoms with E-state index >= 15 is 0 Å². The lowest BCUT2D eigenvalue weighted by Gasteiger charge is -2.13. The number of halogens is 1. The first-order valence-electron chi connectivity index (χ1n) is 7.92. The van der Waals surface area contributed by atoms with Crippen molar-refractivity contribution in [3.63, 3.8) is 0 Å². The van der Waals surface area contributed by atoms with E-state index in [2.05, 4.69) is 15.2 Å². The molecule has 1 atom stereocenters. The highest BCUT2D eigenvalue weighted by molar-refractivity contribution is 6.30. The van der Waals surface area contributed by atoms with Crippen LogP contribution in [0.3, 0.4) is 0 Å². The normalized spacial score (nSPS) is 17.3. The Labute approximate surface area is 144 Å². The maximum Gasteiger partial charge on any atom is 0.243 e. The molecule has 4 rings (SSSR count). The van der Waals surface area contributed by atoms with Gasteiger partial charge in [0.2, 0.25) is 5.88 Å². The molecule has 1 aromatic carbocycles. The summed E-state index contributed by atoms with van der Waals surface area (Å²) in [6.07, 6.45) is 5.74. The Morgan fingerprint density at radius 3 is 2.79 bits per heavy atom. The van der Waals surface area contributed by atoms with Gasteiger partial charge in [-0.1, -0.05) is 23.7 Å². The number of rotatable bonds is 4. The highest BCUT2D eigenvalue weighted by atomic mass is 35.5. The molecule has 0 spiro atoms. The molecule has 24 heavy (non-hydrogen) atoms. The zero-order chi connectivity index (χ0) is 16.4. The van der Waals surface area contributed by atoms with Gasteiger partial charge in [-0.3, -0.25) is 4.98 Å². The summed E-state index contributed by atoms with van der Waals surface area (Å²) in [6.45, 7) is 1.29. The number of hydrogen-bond donors (Lipinski definition) is 0. The van der Waals surface area contributed by atoms with Crippen LogP contribution in [0.4, 0.5) is 0 Å². The molecule has 0 radical (unpaired) electrons. The van der Waals surface area contributed by atoms with Gasteiger partial charge < -0.3 is 9.47 Å². The van der Waals surface area contributed by atoms with Gasteiger partial charge in [0.25, 0.3) is 0 Å². The van der Waals surface area contributed by atoms with E-state index < -0.39 is 0 Å². The van der Waals surface area contributed by atoms with Gasteiger partial charge in [-0.05, 0) is 31.0 Å². The molecule has 122 valence electrons. The summed E-state index contributed by atoms with van der Waals surface area (Å²) < 4.78 is 11.4. The Morgan fingerprint density at radius 1 is 1.12 bits per heavy atom. The van der Waals surface area contributed by atoms with Crippen LogP contribution in [0.15, 0.2) is 42.7 Å². The molecule has 0 bridgehead atoms. The summed E-state index contributed by atoms with van der Waals surface area (Å²) in [5, 5.41) is 11.1. The van der Waals surface area contributed by atoms with E-state index in [1.54, 1.807) is 12.4 Å². The summed E-state index contributed by atoms with van der Waals surface area (Å²) in [7, 11) is 0. The van der Waals surface area contributed by atoms with Crippen molar-refractivity contribution in [3.05, 3.63) is 47.7 Å². The number of nitrogens with zero attached hydrogens (tertiary/aromatic N) is 3. The van der Waals surface area contributed by atoms with Gasteiger partial charge >= 0.3 is 0 Å². The SMILES string of the molecule is Clc1ccc(-c2nnc(OCC3CCCO3)c3cnccc23)cc1. The van der Waals surface area contributed by atoms with Crippen molar-refractivity contribution in [2.75, 3.05) is 13.2 Å². The molecule has 1 fully saturated rings. The second kappa shape index (κ2) is 6.71. The molecule has 2 aromatic heterocycles. The fraction of sp³-hybridized carbons (Fsp3) is 0.278. The van der Waals surface area contributed by atoms with Gasteiger partial charge in [-0.15, -0.1) is 10.2 Å². The average Bonchev–Trinajstić information content (AvgIpc) is 3.14. The van der Waals surface area contributed by atoms with Crippen LogP contribution in [0.2, 0.25) is 5.02 Å². The lowest BCUT2D eigenvalue weighted by Crippen LogP contribution is -2.17. The number of benzene rings is 1. The molecular weight excluding hydrogens is 326 g/mol. The second-order valence-corrected chi connectivity index (χ2v) is 6.16. The second-order valence-electron chi connectivity index (χ2n) is 5.73. The number of aromatic nitrogens is 3. The fourth-order valence-electron chi connectivity index (χ4n) is 2.85. The van der Waals surface area contributed by atoms with E-state index in [9.17, 15) is 0 Å². The molecule has 0 saturated carbocycles. The molecule has 0 N–H and O–H groups in total. The van der Waals surface area contributed by atoms with Gasteiger partial charge in [-0.25, -0.2) is 0 Å². The van der Waals surface area contributed by atoms with Crippen LogP contribution in [-0.2, 0) is 4.74 Å². The molecule has 0 amide bonds. The molecule has 5 nitrogen and oxygen atoms in total. The molecule has 3 heterocycles. The third-order valence-corrected chi connectivity index (χ3v) is 4.35. The smallest absolute Gasteiger partial charge is 0.243 e. The maximum absolute atomic E-state index is 5.97. The van der Waals surface area contributed by atoms with Crippen molar-refractivity contribution in [1.29, 1.82) is 0 Å². The molecular formula is C18H16ClN3O2. The van der Waals surface area contributed by atoms with Crippen molar-refractivity contribution in [3.8, 4) is 17.1 Å². The average molecular weight is 342 g/mol. The minimum atomic E-state index is 0.134. The van der Waals surface area contributed by atoms with Crippen LogP contribution >= 0.6 is 11.6 Å². The molecule has 3 aromatic rings. The Morgan fingerprint density at radius 2 is 2.00 bits per heavy atom. The predicted octanol–water partition coefficient (Wildman–Crippen LogP) is 3.90. The summed E-state index contributed by atoms with van der Waals surface area (Å²) >= 11 is 5.97. The topological polar surface area (TPSA) is 57.1 Å². The third kappa shape index (κ3) is 3.05. The standard InChI is InChI=1S/C18H16ClN3O2/c19-13-5-3-12(4-6-13)17-15-7-8-20-10-16(15)18(22-21-17)24-11-14-2-1-9-23-14/h3-8,10,14H,1-2,9,11H2. The number of hydrogen-bond acceptors (Lipinski definition) is 5. The van der Waals surface area contributed by atoms with E-state index in [4.69, 9.17) is 21.1 Å². The third-order valence-electron chi connectivity index (χ3n) is 4.10. The first-order chi connectivity index (χ1) is 11.8. The molecule has 6 heteroatoms. The number of ether oxygens (including phenoxy) is 2. The summed E-state index contributed by atoms with van der Waals surface area (Å²) in [5.41, 5.74) is 1.74. The molecule has 0 aliphatic carbocycles. The summed E-state index contributed by atoms with van der Waals surface area (Å²) in [4.78, 5) is 4.20. The van der Waals surface area contributed by atoms with Crippen LogP contribution in [0, 0.1) is 0 Å². The van der Waals surface area contributed by atoms with Crippen LogP contribution in [0.1, 0.15) is 12.8 Å². The van der Waals surface area contributed by atoms with E-state index in [0.29, 0.717) is 17.5 Å². The van der Waals surface area contributed by atoms with Gasteiger partial charge in [-0.2, -0.15) is 0 Å². The van der Waals surface area contributed by atoms with E-state index in [0.717, 1.165) is 41.5 Å². The molecule has 1 saturated heterocycles. The highest BCUT2D eigenvalue weighted by Crippen LogP contribution is 2.31. The van der Waals surface area contributed by atoms with Crippen LogP contribution in [0.25, 0.3) is 22.0 Å². The van der Waals surface area contributed by atoms with Crippen LogP contribution < -0.4 is 4.74 Å². The van der Waals surface area contributed by atoms with Crippen molar-refractivity contribution < 1.29 is 9.47 Å². The summed E-state index contributed by atoms with van der Waals surface area (Å²) in [6, 6.07) is 9.46. The van der Waals surface area contributed by atoms with Crippen molar-refractivity contribution in [2.45, 2.75) is 18.9 Å². The molecule has 1 unspecified atom stereocenters. The zero-order valence-electron chi connectivity index (χ0n) is 13.0. The maximum atomic E-state index is 5.97. The first-order valence-corrected chi connectivity index (χ1v) is 8.30. The summed E-state index contributed by atoms with van der Waals surface area (Å²) in [5.74, 6) is 0.492. The lowest BCUT2D eigenvalue weighted by atomic mass is 10.1. The minimum absolute atomic E-state index is 0.134. The Hall–Kier alpha value is -2.24. The molecule has 1 aliphatic rings. The van der Waals surface area contributed by atoms with Crippen molar-refractivity contribution >= 4 is 22.4 Å². The van der Waals surface area contributed by atoms with Crippen LogP contribution in [-0.4, -0.2) is 34.5 Å². The van der Waals surface area contributed by atoms with Gasteiger partial charge in [0, 0.05) is 35.0 Å². The zero-order valence-corrected chi connectivity index (χ0v) is 13.7. The van der Waals surface area contributed by atoms with Crippen molar-refractivity contribution in [2.24, 2.45) is 0 Å². The largest absolute Gasteiger partial charge is 0.473 e. The van der Waals surface area contributed by atoms with Gasteiger partial charge in [0.05, 0.1) is 11.5 Å². The van der Waals surface area contributed by atoms with E-state index in [-0.39, 0.29) is 6.10 Å². The fourth-order valence-corrected chi connectivity index (χ4v) is 2.98. The minimum Gasteiger partial charge on any atom is -0.473 e. The monoisotopic (exact) mass is 341 g/mol. The lowest BCUT2D eigenvalue weighted by molar-refractivity contribution is 0.0666.